The third kappa shape index (κ3) is 4.25. The van der Waals surface area contributed by atoms with Gasteiger partial charge in [-0.2, -0.15) is 0 Å². The molecule has 0 bridgehead atoms. The van der Waals surface area contributed by atoms with E-state index in [0.717, 1.165) is 23.1 Å². The molecule has 3 rings (SSSR count). The van der Waals surface area contributed by atoms with Crippen molar-refractivity contribution in [2.24, 2.45) is 5.92 Å². The number of carboxylic acid groups (broad SMARTS) is 1. The topological polar surface area (TPSA) is 75.6 Å². The monoisotopic (exact) mass is 339 g/mol. The van der Waals surface area contributed by atoms with Gasteiger partial charge in [-0.3, -0.25) is 9.59 Å². The van der Waals surface area contributed by atoms with Gasteiger partial charge in [-0.15, -0.1) is 0 Å². The molecule has 2 atom stereocenters. The van der Waals surface area contributed by atoms with Crippen LogP contribution in [0.2, 0.25) is 0 Å². The average Bonchev–Trinajstić information content (AvgIpc) is 2.65. The smallest absolute Gasteiger partial charge is 0.308 e. The fraction of sp³-hybridized carbons (Fsp3) is 0.300. The van der Waals surface area contributed by atoms with Gasteiger partial charge in [0.2, 0.25) is 0 Å². The average molecular weight is 339 g/mol. The second-order valence-corrected chi connectivity index (χ2v) is 6.17. The van der Waals surface area contributed by atoms with Crippen LogP contribution in [0.1, 0.15) is 22.8 Å². The summed E-state index contributed by atoms with van der Waals surface area (Å²) in [6.07, 6.45) is 0.487. The number of carbonyl (C=O) groups excluding carboxylic acids is 1. The van der Waals surface area contributed by atoms with Gasteiger partial charge in [0.05, 0.1) is 12.5 Å². The number of nitrogens with one attached hydrogen (secondary N) is 1. The highest BCUT2D eigenvalue weighted by molar-refractivity contribution is 5.83. The summed E-state index contributed by atoms with van der Waals surface area (Å²) in [5.74, 6) is -1.88. The summed E-state index contributed by atoms with van der Waals surface area (Å²) < 4.78 is 5.62. The molecule has 1 aliphatic rings. The van der Waals surface area contributed by atoms with Gasteiger partial charge in [0.1, 0.15) is 0 Å². The first-order valence-corrected chi connectivity index (χ1v) is 8.39. The Kier molecular flexibility index (Phi) is 5.46. The van der Waals surface area contributed by atoms with Crippen LogP contribution in [-0.2, 0) is 27.2 Å². The van der Waals surface area contributed by atoms with E-state index in [1.54, 1.807) is 0 Å². The van der Waals surface area contributed by atoms with E-state index >= 15 is 0 Å². The molecule has 5 heteroatoms. The number of carboxylic acids is 1. The zero-order chi connectivity index (χ0) is 17.6. The van der Waals surface area contributed by atoms with Crippen molar-refractivity contribution in [3.8, 4) is 0 Å². The molecule has 5 nitrogen and oxygen atoms in total. The maximum atomic E-state index is 12.5. The van der Waals surface area contributed by atoms with Gasteiger partial charge >= 0.3 is 5.97 Å². The Bertz CT molecular complexity index is 744. The Hall–Kier alpha value is -2.66. The lowest BCUT2D eigenvalue weighted by Crippen LogP contribution is -2.38. The normalized spacial score (nSPS) is 17.4. The third-order valence-electron chi connectivity index (χ3n) is 4.43. The second kappa shape index (κ2) is 7.94. The van der Waals surface area contributed by atoms with Gasteiger partial charge in [-0.25, -0.2) is 0 Å². The lowest BCUT2D eigenvalue weighted by Gasteiger charge is -2.25. The number of amides is 1. The van der Waals surface area contributed by atoms with E-state index in [1.807, 2.05) is 54.6 Å². The lowest BCUT2D eigenvalue weighted by molar-refractivity contribution is -0.142. The highest BCUT2D eigenvalue weighted by Crippen LogP contribution is 2.27. The van der Waals surface area contributed by atoms with E-state index in [-0.39, 0.29) is 12.5 Å². The molecule has 2 aromatic rings. The van der Waals surface area contributed by atoms with Crippen LogP contribution in [0.3, 0.4) is 0 Å². The molecular weight excluding hydrogens is 318 g/mol. The van der Waals surface area contributed by atoms with E-state index in [1.165, 1.54) is 0 Å². The van der Waals surface area contributed by atoms with Gasteiger partial charge < -0.3 is 15.2 Å². The molecule has 1 aliphatic heterocycles. The van der Waals surface area contributed by atoms with Gasteiger partial charge in [0.25, 0.3) is 5.91 Å². The SMILES string of the molecule is O=C(O)C(CNC(=O)C1OCCc2ccccc21)Cc1ccccc1. The number of aliphatic carboxylic acids is 1. The van der Waals surface area contributed by atoms with Gasteiger partial charge in [0.15, 0.2) is 6.10 Å². The second-order valence-electron chi connectivity index (χ2n) is 6.17. The first-order valence-electron chi connectivity index (χ1n) is 8.39. The fourth-order valence-corrected chi connectivity index (χ4v) is 3.07. The maximum Gasteiger partial charge on any atom is 0.308 e. The van der Waals surface area contributed by atoms with E-state index in [4.69, 9.17) is 4.74 Å². The lowest BCUT2D eigenvalue weighted by atomic mass is 9.96. The zero-order valence-electron chi connectivity index (χ0n) is 13.9. The minimum absolute atomic E-state index is 0.0745. The molecule has 130 valence electrons. The zero-order valence-corrected chi connectivity index (χ0v) is 13.9. The van der Waals surface area contributed by atoms with E-state index in [0.29, 0.717) is 13.0 Å². The van der Waals surface area contributed by atoms with Crippen molar-refractivity contribution in [1.82, 2.24) is 5.32 Å². The van der Waals surface area contributed by atoms with Crippen molar-refractivity contribution in [3.05, 3.63) is 71.3 Å². The van der Waals surface area contributed by atoms with Crippen LogP contribution in [0.4, 0.5) is 0 Å². The Morgan fingerprint density at radius 2 is 1.84 bits per heavy atom. The van der Waals surface area contributed by atoms with E-state index in [9.17, 15) is 14.7 Å². The van der Waals surface area contributed by atoms with Crippen molar-refractivity contribution in [3.63, 3.8) is 0 Å². The molecule has 0 saturated heterocycles. The van der Waals surface area contributed by atoms with E-state index in [2.05, 4.69) is 5.32 Å². The number of carbonyl (C=O) groups is 2. The third-order valence-corrected chi connectivity index (χ3v) is 4.43. The molecule has 0 aliphatic carbocycles. The van der Waals surface area contributed by atoms with Gasteiger partial charge in [-0.1, -0.05) is 54.6 Å². The highest BCUT2D eigenvalue weighted by Gasteiger charge is 2.28. The fourth-order valence-electron chi connectivity index (χ4n) is 3.07. The molecule has 0 spiro atoms. The highest BCUT2D eigenvalue weighted by atomic mass is 16.5. The molecule has 1 heterocycles. The maximum absolute atomic E-state index is 12.5. The Morgan fingerprint density at radius 1 is 1.12 bits per heavy atom. The van der Waals surface area contributed by atoms with Crippen LogP contribution >= 0.6 is 0 Å². The summed E-state index contributed by atoms with van der Waals surface area (Å²) in [6, 6.07) is 17.1. The molecule has 0 saturated carbocycles. The summed E-state index contributed by atoms with van der Waals surface area (Å²) >= 11 is 0. The number of hydrogen-bond acceptors (Lipinski definition) is 3. The minimum atomic E-state index is -0.922. The molecule has 0 fully saturated rings. The molecule has 2 aromatic carbocycles. The van der Waals surface area contributed by atoms with Crippen molar-refractivity contribution in [2.75, 3.05) is 13.2 Å². The molecular formula is C20H21NO4. The number of hydrogen-bond donors (Lipinski definition) is 2. The molecule has 1 amide bonds. The summed E-state index contributed by atoms with van der Waals surface area (Å²) in [5.41, 5.74) is 2.90. The molecule has 25 heavy (non-hydrogen) atoms. The Balaban J connectivity index is 1.63. The van der Waals surface area contributed by atoms with Crippen molar-refractivity contribution >= 4 is 11.9 Å². The first-order chi connectivity index (χ1) is 12.1. The Morgan fingerprint density at radius 3 is 2.60 bits per heavy atom. The molecule has 0 radical (unpaired) electrons. The summed E-state index contributed by atoms with van der Waals surface area (Å²) in [5, 5.41) is 12.2. The molecule has 2 N–H and O–H groups in total. The molecule has 2 unspecified atom stereocenters. The number of benzene rings is 2. The van der Waals surface area contributed by atoms with Crippen LogP contribution < -0.4 is 5.32 Å². The Labute approximate surface area is 146 Å². The number of rotatable bonds is 6. The first kappa shape index (κ1) is 17.2. The molecule has 0 aromatic heterocycles. The largest absolute Gasteiger partial charge is 0.481 e. The quantitative estimate of drug-likeness (QED) is 0.847. The van der Waals surface area contributed by atoms with Crippen molar-refractivity contribution in [1.29, 1.82) is 0 Å². The van der Waals surface area contributed by atoms with Crippen molar-refractivity contribution < 1.29 is 19.4 Å². The standard InChI is InChI=1S/C20H21NO4/c22-19(18-17-9-5-4-8-15(17)10-11-25-18)21-13-16(20(23)24)12-14-6-2-1-3-7-14/h1-9,16,18H,10-13H2,(H,21,22)(H,23,24). The van der Waals surface area contributed by atoms with Crippen molar-refractivity contribution in [2.45, 2.75) is 18.9 Å². The van der Waals surface area contributed by atoms with Gasteiger partial charge in [0, 0.05) is 6.54 Å². The summed E-state index contributed by atoms with van der Waals surface area (Å²) in [4.78, 5) is 24.0. The predicted molar refractivity (Wildman–Crippen MR) is 93.1 cm³/mol. The number of fused-ring (bicyclic) bond motifs is 1. The van der Waals surface area contributed by atoms with Crippen LogP contribution in [-0.4, -0.2) is 30.1 Å². The number of ether oxygens (including phenoxy) is 1. The van der Waals surface area contributed by atoms with Gasteiger partial charge in [-0.05, 0) is 29.5 Å². The van der Waals surface area contributed by atoms with E-state index < -0.39 is 18.0 Å². The summed E-state index contributed by atoms with van der Waals surface area (Å²) in [6.45, 7) is 0.562. The van der Waals surface area contributed by atoms with Crippen LogP contribution in [0, 0.1) is 5.92 Å². The minimum Gasteiger partial charge on any atom is -0.481 e. The van der Waals surface area contributed by atoms with Crippen LogP contribution in [0.25, 0.3) is 0 Å². The van der Waals surface area contributed by atoms with Crippen LogP contribution in [0.5, 0.6) is 0 Å². The van der Waals surface area contributed by atoms with Crippen LogP contribution in [0.15, 0.2) is 54.6 Å². The summed E-state index contributed by atoms with van der Waals surface area (Å²) in [7, 11) is 0. The predicted octanol–water partition coefficient (Wildman–Crippen LogP) is 2.36.